The van der Waals surface area contributed by atoms with Crippen molar-refractivity contribution < 1.29 is 23.8 Å². The van der Waals surface area contributed by atoms with Crippen LogP contribution < -0.4 is 5.73 Å². The number of aliphatic hydroxyl groups excluding tert-OH is 1. The molecule has 1 unspecified atom stereocenters. The highest BCUT2D eigenvalue weighted by molar-refractivity contribution is 5.92. The van der Waals surface area contributed by atoms with Crippen molar-refractivity contribution in [2.75, 3.05) is 26.3 Å². The van der Waals surface area contributed by atoms with E-state index in [2.05, 4.69) is 4.98 Å². The Kier molecular flexibility index (Phi) is 5.51. The zero-order chi connectivity index (χ0) is 16.1. The number of esters is 1. The Labute approximate surface area is 128 Å². The van der Waals surface area contributed by atoms with Crippen molar-refractivity contribution in [1.29, 1.82) is 0 Å². The molecule has 8 nitrogen and oxygen atoms in total. The van der Waals surface area contributed by atoms with Crippen LogP contribution in [0.25, 0.3) is 0 Å². The third kappa shape index (κ3) is 3.63. The number of carbonyl (C=O) groups is 2. The summed E-state index contributed by atoms with van der Waals surface area (Å²) in [6.45, 7) is 2.77. The Morgan fingerprint density at radius 2 is 2.23 bits per heavy atom. The number of amides is 1. The van der Waals surface area contributed by atoms with Crippen LogP contribution in [0.15, 0.2) is 10.7 Å². The third-order valence-corrected chi connectivity index (χ3v) is 3.66. The summed E-state index contributed by atoms with van der Waals surface area (Å²) in [6.07, 6.45) is 2.39. The SMILES string of the molecule is CCOC(=O)C1CCN(C(=O)c2coc(C(N)CO)n2)CC1. The second kappa shape index (κ2) is 7.37. The average molecular weight is 311 g/mol. The van der Waals surface area contributed by atoms with Crippen LogP contribution in [0.4, 0.5) is 0 Å². The molecule has 1 fully saturated rings. The Morgan fingerprint density at radius 1 is 1.55 bits per heavy atom. The van der Waals surface area contributed by atoms with E-state index in [-0.39, 0.29) is 36.0 Å². The van der Waals surface area contributed by atoms with E-state index < -0.39 is 6.04 Å². The maximum absolute atomic E-state index is 12.3. The van der Waals surface area contributed by atoms with Gasteiger partial charge in [0.25, 0.3) is 5.91 Å². The molecule has 2 rings (SSSR count). The highest BCUT2D eigenvalue weighted by Crippen LogP contribution is 2.20. The lowest BCUT2D eigenvalue weighted by atomic mass is 9.97. The molecular formula is C14H21N3O5. The van der Waals surface area contributed by atoms with Gasteiger partial charge in [-0.1, -0.05) is 0 Å². The van der Waals surface area contributed by atoms with Crippen molar-refractivity contribution in [3.63, 3.8) is 0 Å². The van der Waals surface area contributed by atoms with Crippen molar-refractivity contribution in [2.24, 2.45) is 11.7 Å². The smallest absolute Gasteiger partial charge is 0.309 e. The molecule has 0 radical (unpaired) electrons. The van der Waals surface area contributed by atoms with E-state index in [1.807, 2.05) is 0 Å². The maximum Gasteiger partial charge on any atom is 0.309 e. The van der Waals surface area contributed by atoms with Gasteiger partial charge in [0, 0.05) is 13.1 Å². The van der Waals surface area contributed by atoms with Crippen molar-refractivity contribution in [3.05, 3.63) is 17.8 Å². The molecule has 0 saturated carbocycles. The van der Waals surface area contributed by atoms with Gasteiger partial charge < -0.3 is 24.9 Å². The Hall–Kier alpha value is -1.93. The predicted molar refractivity (Wildman–Crippen MR) is 75.8 cm³/mol. The fraction of sp³-hybridized carbons (Fsp3) is 0.643. The number of nitrogens with zero attached hydrogens (tertiary/aromatic N) is 2. The third-order valence-electron chi connectivity index (χ3n) is 3.66. The summed E-state index contributed by atoms with van der Waals surface area (Å²) in [6, 6.07) is -0.740. The second-order valence-corrected chi connectivity index (χ2v) is 5.18. The number of hydrogen-bond donors (Lipinski definition) is 2. The summed E-state index contributed by atoms with van der Waals surface area (Å²) in [5, 5.41) is 8.95. The van der Waals surface area contributed by atoms with Crippen molar-refractivity contribution in [2.45, 2.75) is 25.8 Å². The number of oxazole rings is 1. The molecule has 0 bridgehead atoms. The van der Waals surface area contributed by atoms with Crippen LogP contribution in [0.1, 0.15) is 42.2 Å². The number of aromatic nitrogens is 1. The van der Waals surface area contributed by atoms with Crippen LogP contribution in [0.2, 0.25) is 0 Å². The molecule has 1 saturated heterocycles. The standard InChI is InChI=1S/C14H21N3O5/c1-2-21-14(20)9-3-5-17(6-4-9)13(19)11-8-22-12(16-11)10(15)7-18/h8-10,18H,2-7,15H2,1H3. The minimum absolute atomic E-state index is 0.132. The second-order valence-electron chi connectivity index (χ2n) is 5.18. The number of rotatable bonds is 5. The number of piperidine rings is 1. The summed E-state index contributed by atoms with van der Waals surface area (Å²) < 4.78 is 10.1. The first kappa shape index (κ1) is 16.4. The molecule has 22 heavy (non-hydrogen) atoms. The maximum atomic E-state index is 12.3. The Bertz CT molecular complexity index is 522. The first-order valence-corrected chi connectivity index (χ1v) is 7.34. The van der Waals surface area contributed by atoms with E-state index in [1.54, 1.807) is 11.8 Å². The summed E-state index contributed by atoms with van der Waals surface area (Å²) >= 11 is 0. The van der Waals surface area contributed by atoms with Crippen LogP contribution in [-0.4, -0.2) is 53.2 Å². The largest absolute Gasteiger partial charge is 0.466 e. The lowest BCUT2D eigenvalue weighted by Crippen LogP contribution is -2.40. The monoisotopic (exact) mass is 311 g/mol. The van der Waals surface area contributed by atoms with Gasteiger partial charge in [-0.15, -0.1) is 0 Å². The van der Waals surface area contributed by atoms with Gasteiger partial charge in [0.2, 0.25) is 5.89 Å². The van der Waals surface area contributed by atoms with Gasteiger partial charge >= 0.3 is 5.97 Å². The summed E-state index contributed by atoms with van der Waals surface area (Å²) in [4.78, 5) is 29.6. The number of ether oxygens (including phenoxy) is 1. The Morgan fingerprint density at radius 3 is 2.82 bits per heavy atom. The first-order chi connectivity index (χ1) is 10.6. The van der Waals surface area contributed by atoms with E-state index in [9.17, 15) is 9.59 Å². The molecule has 1 aromatic rings. The molecule has 1 amide bonds. The highest BCUT2D eigenvalue weighted by Gasteiger charge is 2.30. The summed E-state index contributed by atoms with van der Waals surface area (Å²) in [5.41, 5.74) is 5.74. The van der Waals surface area contributed by atoms with Crippen molar-refractivity contribution >= 4 is 11.9 Å². The van der Waals surface area contributed by atoms with Gasteiger partial charge in [-0.3, -0.25) is 9.59 Å². The predicted octanol–water partition coefficient (Wildman–Crippen LogP) is 0.0820. The fourth-order valence-electron chi connectivity index (χ4n) is 2.37. The van der Waals surface area contributed by atoms with E-state index in [4.69, 9.17) is 20.0 Å². The molecule has 8 heteroatoms. The van der Waals surface area contributed by atoms with E-state index in [0.29, 0.717) is 32.5 Å². The molecule has 0 spiro atoms. The fourth-order valence-corrected chi connectivity index (χ4v) is 2.37. The quantitative estimate of drug-likeness (QED) is 0.739. The lowest BCUT2D eigenvalue weighted by molar-refractivity contribution is -0.149. The topological polar surface area (TPSA) is 119 Å². The normalized spacial score (nSPS) is 17.3. The van der Waals surface area contributed by atoms with Crippen LogP contribution in [0.5, 0.6) is 0 Å². The van der Waals surface area contributed by atoms with Gasteiger partial charge in [0.15, 0.2) is 5.69 Å². The minimum Gasteiger partial charge on any atom is -0.466 e. The number of aliphatic hydroxyl groups is 1. The molecule has 1 aromatic heterocycles. The van der Waals surface area contributed by atoms with Crippen LogP contribution in [0, 0.1) is 5.92 Å². The van der Waals surface area contributed by atoms with Gasteiger partial charge in [-0.05, 0) is 19.8 Å². The van der Waals surface area contributed by atoms with Crippen molar-refractivity contribution in [1.82, 2.24) is 9.88 Å². The molecule has 122 valence electrons. The molecular weight excluding hydrogens is 290 g/mol. The Balaban J connectivity index is 1.92. The van der Waals surface area contributed by atoms with Gasteiger partial charge in [-0.2, -0.15) is 0 Å². The number of carbonyl (C=O) groups excluding carboxylic acids is 2. The van der Waals surface area contributed by atoms with Crippen LogP contribution >= 0.6 is 0 Å². The minimum atomic E-state index is -0.740. The molecule has 1 atom stereocenters. The van der Waals surface area contributed by atoms with Crippen molar-refractivity contribution in [3.8, 4) is 0 Å². The van der Waals surface area contributed by atoms with Gasteiger partial charge in [0.05, 0.1) is 19.1 Å². The molecule has 1 aliphatic rings. The number of nitrogens with two attached hydrogens (primary N) is 1. The number of hydrogen-bond acceptors (Lipinski definition) is 7. The zero-order valence-corrected chi connectivity index (χ0v) is 12.5. The van der Waals surface area contributed by atoms with E-state index in [0.717, 1.165) is 0 Å². The van der Waals surface area contributed by atoms with Gasteiger partial charge in [-0.25, -0.2) is 4.98 Å². The summed E-state index contributed by atoms with van der Waals surface area (Å²) in [5.74, 6) is -0.485. The van der Waals surface area contributed by atoms with Crippen LogP contribution in [0.3, 0.4) is 0 Å². The van der Waals surface area contributed by atoms with E-state index >= 15 is 0 Å². The molecule has 0 aromatic carbocycles. The average Bonchev–Trinajstić information content (AvgIpc) is 3.03. The summed E-state index contributed by atoms with van der Waals surface area (Å²) in [7, 11) is 0. The molecule has 3 N–H and O–H groups in total. The molecule has 2 heterocycles. The first-order valence-electron chi connectivity index (χ1n) is 7.34. The molecule has 1 aliphatic heterocycles. The van der Waals surface area contributed by atoms with Gasteiger partial charge in [0.1, 0.15) is 12.3 Å². The molecule has 0 aliphatic carbocycles. The number of likely N-dealkylation sites (tertiary alicyclic amines) is 1. The zero-order valence-electron chi connectivity index (χ0n) is 12.5. The highest BCUT2D eigenvalue weighted by atomic mass is 16.5. The lowest BCUT2D eigenvalue weighted by Gasteiger charge is -2.30. The van der Waals surface area contributed by atoms with E-state index in [1.165, 1.54) is 6.26 Å². The van der Waals surface area contributed by atoms with Crippen LogP contribution in [-0.2, 0) is 9.53 Å².